The van der Waals surface area contributed by atoms with Crippen LogP contribution in [0.2, 0.25) is 5.02 Å². The van der Waals surface area contributed by atoms with Gasteiger partial charge in [0.15, 0.2) is 11.4 Å². The lowest BCUT2D eigenvalue weighted by atomic mass is 9.80. The summed E-state index contributed by atoms with van der Waals surface area (Å²) in [6.07, 6.45) is 3.11. The number of amides is 2. The molecule has 1 aliphatic heterocycles. The molecule has 127 valence electrons. The summed E-state index contributed by atoms with van der Waals surface area (Å²) in [4.78, 5) is 36.6. The summed E-state index contributed by atoms with van der Waals surface area (Å²) in [6.45, 7) is -0.208. The molecule has 2 atom stereocenters. The molecule has 3 N–H and O–H groups in total. The van der Waals surface area contributed by atoms with Crippen LogP contribution in [0.15, 0.2) is 24.3 Å². The maximum atomic E-state index is 12.4. The summed E-state index contributed by atoms with van der Waals surface area (Å²) < 4.78 is 5.45. The smallest absolute Gasteiger partial charge is 0.252 e. The molecule has 2 aliphatic rings. The van der Waals surface area contributed by atoms with Crippen molar-refractivity contribution in [1.82, 2.24) is 5.32 Å². The number of carbonyl (C=O) groups excluding carboxylic acids is 3. The average Bonchev–Trinajstić information content (AvgIpc) is 3.04. The fourth-order valence-corrected chi connectivity index (χ4v) is 3.75. The fraction of sp³-hybridized carbons (Fsp3) is 0.412. The Hall–Kier alpha value is -1.92. The number of nitrogens with two attached hydrogens (primary N) is 1. The molecule has 1 aliphatic carbocycles. The highest BCUT2D eigenvalue weighted by atomic mass is 35.5. The normalized spacial score (nSPS) is 28.6. The van der Waals surface area contributed by atoms with Gasteiger partial charge in [-0.2, -0.15) is 0 Å². The van der Waals surface area contributed by atoms with E-state index in [1.807, 2.05) is 12.1 Å². The van der Waals surface area contributed by atoms with Crippen molar-refractivity contribution in [2.45, 2.75) is 36.8 Å². The molecule has 3 rings (SSSR count). The second kappa shape index (κ2) is 6.18. The van der Waals surface area contributed by atoms with Crippen molar-refractivity contribution in [2.24, 2.45) is 5.73 Å². The molecule has 2 fully saturated rings. The van der Waals surface area contributed by atoms with Gasteiger partial charge in [0.05, 0.1) is 6.42 Å². The van der Waals surface area contributed by atoms with Gasteiger partial charge in [-0.25, -0.2) is 0 Å². The van der Waals surface area contributed by atoms with Gasteiger partial charge in [0.1, 0.15) is 12.1 Å². The van der Waals surface area contributed by atoms with E-state index in [0.29, 0.717) is 30.7 Å². The van der Waals surface area contributed by atoms with E-state index < -0.39 is 23.0 Å². The molecule has 2 unspecified atom stereocenters. The first kappa shape index (κ1) is 16.9. The SMILES string of the molecule is NC(=O)C12CCCC1(NC(=O)[CH]Cc1ccc(Cl)cc1)C(=O)CO2. The molecule has 1 heterocycles. The second-order valence-electron chi connectivity index (χ2n) is 6.19. The molecule has 1 saturated carbocycles. The largest absolute Gasteiger partial charge is 0.367 e. The van der Waals surface area contributed by atoms with Crippen molar-refractivity contribution in [1.29, 1.82) is 0 Å². The number of primary amides is 1. The molecule has 1 saturated heterocycles. The zero-order chi connectivity index (χ0) is 17.4. The fourth-order valence-electron chi connectivity index (χ4n) is 3.62. The number of carbonyl (C=O) groups is 3. The first-order chi connectivity index (χ1) is 11.4. The first-order valence-corrected chi connectivity index (χ1v) is 8.14. The van der Waals surface area contributed by atoms with E-state index >= 15 is 0 Å². The third kappa shape index (κ3) is 2.59. The van der Waals surface area contributed by atoms with Crippen LogP contribution in [0.4, 0.5) is 0 Å². The third-order valence-corrected chi connectivity index (χ3v) is 5.12. The Morgan fingerprint density at radius 1 is 1.29 bits per heavy atom. The van der Waals surface area contributed by atoms with Gasteiger partial charge in [-0.1, -0.05) is 23.7 Å². The van der Waals surface area contributed by atoms with Gasteiger partial charge in [-0.15, -0.1) is 0 Å². The van der Waals surface area contributed by atoms with Crippen LogP contribution in [0.3, 0.4) is 0 Å². The lowest BCUT2D eigenvalue weighted by molar-refractivity contribution is -0.144. The molecule has 1 aromatic carbocycles. The van der Waals surface area contributed by atoms with Crippen molar-refractivity contribution in [3.05, 3.63) is 41.3 Å². The maximum Gasteiger partial charge on any atom is 0.252 e. The van der Waals surface area contributed by atoms with Crippen LogP contribution < -0.4 is 11.1 Å². The number of fused-ring (bicyclic) bond motifs is 1. The van der Waals surface area contributed by atoms with Crippen LogP contribution in [-0.2, 0) is 25.5 Å². The minimum Gasteiger partial charge on any atom is -0.367 e. The van der Waals surface area contributed by atoms with E-state index in [1.165, 1.54) is 6.42 Å². The van der Waals surface area contributed by atoms with E-state index in [-0.39, 0.29) is 12.4 Å². The van der Waals surface area contributed by atoms with Crippen LogP contribution >= 0.6 is 11.6 Å². The predicted octanol–water partition coefficient (Wildman–Crippen LogP) is 0.949. The molecule has 1 radical (unpaired) electrons. The Bertz CT molecular complexity index is 690. The summed E-state index contributed by atoms with van der Waals surface area (Å²) in [5, 5.41) is 3.33. The van der Waals surface area contributed by atoms with Crippen LogP contribution in [0, 0.1) is 6.42 Å². The van der Waals surface area contributed by atoms with Crippen molar-refractivity contribution in [3.8, 4) is 0 Å². The number of hydrogen-bond donors (Lipinski definition) is 2. The monoisotopic (exact) mass is 349 g/mol. The molecule has 1 aromatic rings. The Morgan fingerprint density at radius 2 is 2.00 bits per heavy atom. The zero-order valence-corrected chi connectivity index (χ0v) is 13.8. The van der Waals surface area contributed by atoms with Crippen molar-refractivity contribution >= 4 is 29.2 Å². The molecule has 7 heteroatoms. The number of ketones is 1. The highest BCUT2D eigenvalue weighted by Crippen LogP contribution is 2.46. The van der Waals surface area contributed by atoms with E-state index in [9.17, 15) is 14.4 Å². The summed E-state index contributed by atoms with van der Waals surface area (Å²) >= 11 is 5.82. The third-order valence-electron chi connectivity index (χ3n) is 4.87. The first-order valence-electron chi connectivity index (χ1n) is 7.77. The standard InChI is InChI=1S/C17H18ClN2O4/c18-12-5-2-11(3-6-12)4-7-14(22)20-16-8-1-9-17(16,15(19)23)24-10-13(16)21/h2-3,5-7H,1,4,8-10H2,(H2,19,23)(H,20,22). The van der Waals surface area contributed by atoms with Crippen LogP contribution in [0.5, 0.6) is 0 Å². The van der Waals surface area contributed by atoms with Gasteiger partial charge in [0, 0.05) is 5.02 Å². The number of benzene rings is 1. The summed E-state index contributed by atoms with van der Waals surface area (Å²) in [7, 11) is 0. The average molecular weight is 350 g/mol. The Kier molecular flexibility index (Phi) is 4.36. The van der Waals surface area contributed by atoms with Crippen LogP contribution in [-0.4, -0.2) is 35.3 Å². The summed E-state index contributed by atoms with van der Waals surface area (Å²) in [5.41, 5.74) is 3.63. The van der Waals surface area contributed by atoms with Crippen LogP contribution in [0.1, 0.15) is 24.8 Å². The van der Waals surface area contributed by atoms with Crippen molar-refractivity contribution in [3.63, 3.8) is 0 Å². The molecule has 24 heavy (non-hydrogen) atoms. The number of hydrogen-bond acceptors (Lipinski definition) is 4. The number of rotatable bonds is 5. The zero-order valence-electron chi connectivity index (χ0n) is 13.0. The molecule has 0 aromatic heterocycles. The minimum absolute atomic E-state index is 0.208. The number of ether oxygens (including phenoxy) is 1. The lowest BCUT2D eigenvalue weighted by Gasteiger charge is -2.35. The van der Waals surface area contributed by atoms with E-state index in [2.05, 4.69) is 5.32 Å². The molecule has 2 amide bonds. The summed E-state index contributed by atoms with van der Waals surface area (Å²) in [6, 6.07) is 7.12. The van der Waals surface area contributed by atoms with Gasteiger partial charge >= 0.3 is 0 Å². The number of halogens is 1. The Labute approximate surface area is 144 Å². The van der Waals surface area contributed by atoms with E-state index in [1.54, 1.807) is 12.1 Å². The van der Waals surface area contributed by atoms with Crippen LogP contribution in [0.25, 0.3) is 0 Å². The Balaban J connectivity index is 1.71. The van der Waals surface area contributed by atoms with Crippen molar-refractivity contribution in [2.75, 3.05) is 6.61 Å². The van der Waals surface area contributed by atoms with Gasteiger partial charge < -0.3 is 15.8 Å². The summed E-state index contributed by atoms with van der Waals surface area (Å²) in [5.74, 6) is -1.42. The lowest BCUT2D eigenvalue weighted by Crippen LogP contribution is -2.66. The van der Waals surface area contributed by atoms with Gasteiger partial charge in [-0.3, -0.25) is 14.4 Å². The van der Waals surface area contributed by atoms with Gasteiger partial charge in [-0.05, 0) is 43.4 Å². The molecule has 0 bridgehead atoms. The van der Waals surface area contributed by atoms with Gasteiger partial charge in [0.25, 0.3) is 5.91 Å². The van der Waals surface area contributed by atoms with E-state index in [4.69, 9.17) is 22.1 Å². The molecular formula is C17H18ClN2O4. The second-order valence-corrected chi connectivity index (χ2v) is 6.62. The van der Waals surface area contributed by atoms with Gasteiger partial charge in [0.2, 0.25) is 5.91 Å². The molecular weight excluding hydrogens is 332 g/mol. The number of nitrogens with one attached hydrogen (secondary N) is 1. The Morgan fingerprint density at radius 3 is 2.67 bits per heavy atom. The van der Waals surface area contributed by atoms with E-state index in [0.717, 1.165) is 5.56 Å². The van der Waals surface area contributed by atoms with Crippen molar-refractivity contribution < 1.29 is 19.1 Å². The minimum atomic E-state index is -1.42. The topological polar surface area (TPSA) is 98.5 Å². The quantitative estimate of drug-likeness (QED) is 0.826. The highest BCUT2D eigenvalue weighted by molar-refractivity contribution is 6.30. The number of Topliss-reactive ketones (excluding diaryl/α,β-unsaturated/α-hetero) is 1. The maximum absolute atomic E-state index is 12.4. The predicted molar refractivity (Wildman–Crippen MR) is 87.1 cm³/mol. The highest BCUT2D eigenvalue weighted by Gasteiger charge is 2.68. The molecule has 6 nitrogen and oxygen atoms in total. The molecule has 0 spiro atoms.